The van der Waals surface area contributed by atoms with Gasteiger partial charge in [0.15, 0.2) is 11.5 Å². The number of carbonyl (C=O) groups is 1. The standard InChI is InChI=1S/C18H21N3O3S/c1-4-5-12-6-7-15(23-3)16(8-12)24-14-9-13(10-14)17(22)19-18-21-20-11(2)25-18/h4,6-8,13-14H,1,5,9-10H2,2-3H3,(H,19,21,22). The highest BCUT2D eigenvalue weighted by atomic mass is 32.1. The van der Waals surface area contributed by atoms with E-state index in [4.69, 9.17) is 9.47 Å². The zero-order chi connectivity index (χ0) is 17.8. The lowest BCUT2D eigenvalue weighted by atomic mass is 9.81. The number of methoxy groups -OCH3 is 1. The fourth-order valence-corrected chi connectivity index (χ4v) is 3.31. The largest absolute Gasteiger partial charge is 0.493 e. The van der Waals surface area contributed by atoms with Crippen LogP contribution in [0.4, 0.5) is 5.13 Å². The molecule has 0 radical (unpaired) electrons. The van der Waals surface area contributed by atoms with Gasteiger partial charge in [-0.05, 0) is 43.9 Å². The lowest BCUT2D eigenvalue weighted by Gasteiger charge is -2.34. The topological polar surface area (TPSA) is 73.3 Å². The first-order chi connectivity index (χ1) is 12.1. The lowest BCUT2D eigenvalue weighted by Crippen LogP contribution is -2.40. The molecule has 1 aliphatic rings. The number of hydrogen-bond acceptors (Lipinski definition) is 6. The molecule has 132 valence electrons. The fourth-order valence-electron chi connectivity index (χ4n) is 2.72. The molecule has 1 N–H and O–H groups in total. The molecule has 0 atom stereocenters. The van der Waals surface area contributed by atoms with Crippen LogP contribution < -0.4 is 14.8 Å². The highest BCUT2D eigenvalue weighted by molar-refractivity contribution is 7.15. The van der Waals surface area contributed by atoms with E-state index in [2.05, 4.69) is 22.1 Å². The third-order valence-electron chi connectivity index (χ3n) is 4.12. The third kappa shape index (κ3) is 4.17. The van der Waals surface area contributed by atoms with Crippen LogP contribution >= 0.6 is 11.3 Å². The number of rotatable bonds is 7. The molecule has 1 fully saturated rings. The number of nitrogens with zero attached hydrogens (tertiary/aromatic N) is 2. The van der Waals surface area contributed by atoms with Gasteiger partial charge in [0, 0.05) is 5.92 Å². The predicted octanol–water partition coefficient (Wildman–Crippen LogP) is 3.38. The van der Waals surface area contributed by atoms with E-state index in [-0.39, 0.29) is 17.9 Å². The Balaban J connectivity index is 1.55. The van der Waals surface area contributed by atoms with Crippen LogP contribution in [0.1, 0.15) is 23.4 Å². The van der Waals surface area contributed by atoms with Gasteiger partial charge in [0.05, 0.1) is 7.11 Å². The molecule has 1 aromatic carbocycles. The molecule has 0 spiro atoms. The molecule has 0 aliphatic heterocycles. The Hall–Kier alpha value is -2.41. The van der Waals surface area contributed by atoms with Crippen LogP contribution in [0, 0.1) is 12.8 Å². The second-order valence-corrected chi connectivity index (χ2v) is 7.18. The third-order valence-corrected chi connectivity index (χ3v) is 4.88. The Morgan fingerprint density at radius 1 is 1.40 bits per heavy atom. The zero-order valence-corrected chi connectivity index (χ0v) is 15.1. The SMILES string of the molecule is C=CCc1ccc(OC)c(OC2CC(C(=O)Nc3nnc(C)s3)C2)c1. The number of nitrogens with one attached hydrogen (secondary N) is 1. The van der Waals surface area contributed by atoms with Gasteiger partial charge in [0.2, 0.25) is 11.0 Å². The van der Waals surface area contributed by atoms with Crippen molar-refractivity contribution in [2.75, 3.05) is 12.4 Å². The van der Waals surface area contributed by atoms with Crippen LogP contribution in [0.2, 0.25) is 0 Å². The van der Waals surface area contributed by atoms with Gasteiger partial charge in [-0.25, -0.2) is 0 Å². The van der Waals surface area contributed by atoms with E-state index in [0.29, 0.717) is 29.5 Å². The Labute approximate surface area is 150 Å². The fraction of sp³-hybridized carbons (Fsp3) is 0.389. The average Bonchev–Trinajstić information content (AvgIpc) is 2.95. The lowest BCUT2D eigenvalue weighted by molar-refractivity contribution is -0.125. The van der Waals surface area contributed by atoms with Crippen molar-refractivity contribution in [2.24, 2.45) is 5.92 Å². The number of benzene rings is 1. The van der Waals surface area contributed by atoms with E-state index < -0.39 is 0 Å². The Bertz CT molecular complexity index is 769. The molecule has 1 heterocycles. The maximum atomic E-state index is 12.2. The Kier molecular flexibility index (Phi) is 5.33. The average molecular weight is 359 g/mol. The summed E-state index contributed by atoms with van der Waals surface area (Å²) >= 11 is 1.37. The maximum absolute atomic E-state index is 12.2. The summed E-state index contributed by atoms with van der Waals surface area (Å²) in [5, 5.41) is 12.0. The number of aromatic nitrogens is 2. The van der Waals surface area contributed by atoms with Gasteiger partial charge in [-0.1, -0.05) is 23.5 Å². The Morgan fingerprint density at radius 2 is 2.20 bits per heavy atom. The number of amides is 1. The van der Waals surface area contributed by atoms with Crippen LogP contribution in [0.25, 0.3) is 0 Å². The molecule has 1 aromatic heterocycles. The molecule has 0 saturated heterocycles. The summed E-state index contributed by atoms with van der Waals surface area (Å²) in [6, 6.07) is 5.86. The number of carbonyl (C=O) groups excluding carboxylic acids is 1. The summed E-state index contributed by atoms with van der Waals surface area (Å²) in [7, 11) is 1.62. The minimum Gasteiger partial charge on any atom is -0.493 e. The minimum atomic E-state index is -0.0587. The van der Waals surface area contributed by atoms with Crippen LogP contribution in [0.15, 0.2) is 30.9 Å². The molecule has 1 amide bonds. The predicted molar refractivity (Wildman–Crippen MR) is 97.3 cm³/mol. The number of anilines is 1. The molecule has 1 aliphatic carbocycles. The van der Waals surface area contributed by atoms with E-state index in [1.807, 2.05) is 31.2 Å². The number of hydrogen-bond donors (Lipinski definition) is 1. The molecule has 3 rings (SSSR count). The second-order valence-electron chi connectivity index (χ2n) is 6.00. The second kappa shape index (κ2) is 7.65. The first-order valence-corrected chi connectivity index (χ1v) is 8.96. The molecule has 0 unspecified atom stereocenters. The first kappa shape index (κ1) is 17.4. The van der Waals surface area contributed by atoms with Crippen LogP contribution in [-0.4, -0.2) is 29.3 Å². The normalized spacial score (nSPS) is 19.0. The van der Waals surface area contributed by atoms with Gasteiger partial charge in [-0.2, -0.15) is 0 Å². The maximum Gasteiger partial charge on any atom is 0.229 e. The van der Waals surface area contributed by atoms with Crippen molar-refractivity contribution in [1.82, 2.24) is 10.2 Å². The molecular weight excluding hydrogens is 338 g/mol. The van der Waals surface area contributed by atoms with Gasteiger partial charge in [-0.3, -0.25) is 4.79 Å². The smallest absolute Gasteiger partial charge is 0.229 e. The minimum absolute atomic E-state index is 0.0137. The molecular formula is C18H21N3O3S. The van der Waals surface area contributed by atoms with Crippen molar-refractivity contribution < 1.29 is 14.3 Å². The van der Waals surface area contributed by atoms with Crippen molar-refractivity contribution >= 4 is 22.4 Å². The van der Waals surface area contributed by atoms with E-state index in [0.717, 1.165) is 17.0 Å². The summed E-state index contributed by atoms with van der Waals surface area (Å²) in [5.74, 6) is 1.33. The highest BCUT2D eigenvalue weighted by Gasteiger charge is 2.37. The van der Waals surface area contributed by atoms with Gasteiger partial charge in [0.25, 0.3) is 0 Å². The van der Waals surface area contributed by atoms with Crippen molar-refractivity contribution in [2.45, 2.75) is 32.3 Å². The van der Waals surface area contributed by atoms with E-state index in [9.17, 15) is 4.79 Å². The van der Waals surface area contributed by atoms with Gasteiger partial charge >= 0.3 is 0 Å². The number of aryl methyl sites for hydroxylation is 1. The summed E-state index contributed by atoms with van der Waals surface area (Å²) in [5.41, 5.74) is 1.12. The van der Waals surface area contributed by atoms with Crippen molar-refractivity contribution in [3.8, 4) is 11.5 Å². The summed E-state index contributed by atoms with van der Waals surface area (Å²) in [6.07, 6.45) is 4.00. The molecule has 6 nitrogen and oxygen atoms in total. The first-order valence-electron chi connectivity index (χ1n) is 8.14. The van der Waals surface area contributed by atoms with Gasteiger partial charge in [-0.15, -0.1) is 16.8 Å². The number of ether oxygens (including phenoxy) is 2. The van der Waals surface area contributed by atoms with Crippen LogP contribution in [0.5, 0.6) is 11.5 Å². The summed E-state index contributed by atoms with van der Waals surface area (Å²) < 4.78 is 11.4. The summed E-state index contributed by atoms with van der Waals surface area (Å²) in [6.45, 7) is 5.61. The van der Waals surface area contributed by atoms with Crippen molar-refractivity contribution in [3.63, 3.8) is 0 Å². The van der Waals surface area contributed by atoms with Gasteiger partial charge < -0.3 is 14.8 Å². The number of allylic oxidation sites excluding steroid dienone is 1. The van der Waals surface area contributed by atoms with Crippen LogP contribution in [-0.2, 0) is 11.2 Å². The molecule has 1 saturated carbocycles. The van der Waals surface area contributed by atoms with E-state index in [1.165, 1.54) is 11.3 Å². The molecule has 0 bridgehead atoms. The highest BCUT2D eigenvalue weighted by Crippen LogP contribution is 2.36. The summed E-state index contributed by atoms with van der Waals surface area (Å²) in [4.78, 5) is 12.2. The molecule has 7 heteroatoms. The van der Waals surface area contributed by atoms with Crippen molar-refractivity contribution in [1.29, 1.82) is 0 Å². The van der Waals surface area contributed by atoms with Gasteiger partial charge in [0.1, 0.15) is 11.1 Å². The molecule has 2 aromatic rings. The zero-order valence-electron chi connectivity index (χ0n) is 14.3. The van der Waals surface area contributed by atoms with Crippen LogP contribution in [0.3, 0.4) is 0 Å². The quantitative estimate of drug-likeness (QED) is 0.767. The van der Waals surface area contributed by atoms with E-state index >= 15 is 0 Å². The molecule has 25 heavy (non-hydrogen) atoms. The monoisotopic (exact) mass is 359 g/mol. The Morgan fingerprint density at radius 3 is 2.84 bits per heavy atom. The van der Waals surface area contributed by atoms with Crippen molar-refractivity contribution in [3.05, 3.63) is 41.4 Å². The van der Waals surface area contributed by atoms with E-state index in [1.54, 1.807) is 7.11 Å².